The van der Waals surface area contributed by atoms with E-state index in [0.717, 1.165) is 23.0 Å². The van der Waals surface area contributed by atoms with E-state index in [0.29, 0.717) is 11.5 Å². The molecule has 0 bridgehead atoms. The van der Waals surface area contributed by atoms with Crippen LogP contribution < -0.4 is 19.1 Å². The highest BCUT2D eigenvalue weighted by Crippen LogP contribution is 2.35. The van der Waals surface area contributed by atoms with E-state index in [-0.39, 0.29) is 5.75 Å². The maximum atomic E-state index is 13.8. The Kier molecular flexibility index (Phi) is 5.21. The molecule has 0 N–H and O–H groups in total. The Morgan fingerprint density at radius 2 is 1.63 bits per heavy atom. The second-order valence-corrected chi connectivity index (χ2v) is 5.92. The van der Waals surface area contributed by atoms with Gasteiger partial charge in [-0.3, -0.25) is 4.57 Å². The van der Waals surface area contributed by atoms with Gasteiger partial charge in [-0.2, -0.15) is 0 Å². The summed E-state index contributed by atoms with van der Waals surface area (Å²) in [4.78, 5) is 6.39. The standard InChI is InChI=1S/C20H22FN3O3/c1-13-22-12-20(24(13)15-6-8-16(21)18(11-15)26-4)23(2)14-7-9-17(25-3)19(10-14)27-5/h6-12H,1-5H3. The van der Waals surface area contributed by atoms with Crippen molar-refractivity contribution < 1.29 is 18.6 Å². The third-order valence-electron chi connectivity index (χ3n) is 4.41. The Balaban J connectivity index is 2.06. The van der Waals surface area contributed by atoms with Gasteiger partial charge in [0, 0.05) is 24.9 Å². The molecule has 0 aliphatic carbocycles. The fourth-order valence-corrected chi connectivity index (χ4v) is 2.94. The van der Waals surface area contributed by atoms with Crippen LogP contribution in [0.15, 0.2) is 42.6 Å². The number of benzene rings is 2. The number of imidazole rings is 1. The van der Waals surface area contributed by atoms with E-state index < -0.39 is 5.82 Å². The minimum atomic E-state index is -0.409. The molecule has 0 fully saturated rings. The number of ether oxygens (including phenoxy) is 3. The number of hydrogen-bond donors (Lipinski definition) is 0. The van der Waals surface area contributed by atoms with Crippen molar-refractivity contribution in [1.29, 1.82) is 0 Å². The van der Waals surface area contributed by atoms with Crippen molar-refractivity contribution in [3.8, 4) is 22.9 Å². The molecule has 142 valence electrons. The predicted octanol–water partition coefficient (Wildman–Crippen LogP) is 4.11. The Hall–Kier alpha value is -3.22. The maximum absolute atomic E-state index is 13.8. The lowest BCUT2D eigenvalue weighted by Crippen LogP contribution is -2.14. The number of aromatic nitrogens is 2. The van der Waals surface area contributed by atoms with Crippen LogP contribution in [-0.4, -0.2) is 37.9 Å². The zero-order valence-electron chi connectivity index (χ0n) is 16.0. The van der Waals surface area contributed by atoms with E-state index in [1.807, 2.05) is 41.6 Å². The molecule has 0 aliphatic rings. The molecule has 0 amide bonds. The third-order valence-corrected chi connectivity index (χ3v) is 4.41. The highest BCUT2D eigenvalue weighted by atomic mass is 19.1. The second-order valence-electron chi connectivity index (χ2n) is 5.92. The number of anilines is 2. The Morgan fingerprint density at radius 3 is 2.30 bits per heavy atom. The molecule has 0 saturated heterocycles. The molecule has 6 nitrogen and oxygen atoms in total. The van der Waals surface area contributed by atoms with Gasteiger partial charge in [-0.05, 0) is 31.2 Å². The van der Waals surface area contributed by atoms with Crippen LogP contribution in [0.1, 0.15) is 5.82 Å². The van der Waals surface area contributed by atoms with Crippen LogP contribution in [0.4, 0.5) is 15.9 Å². The summed E-state index contributed by atoms with van der Waals surface area (Å²) in [5, 5.41) is 0. The topological polar surface area (TPSA) is 48.8 Å². The molecular formula is C20H22FN3O3. The zero-order valence-corrected chi connectivity index (χ0v) is 16.0. The number of aryl methyl sites for hydroxylation is 1. The predicted molar refractivity (Wildman–Crippen MR) is 102 cm³/mol. The van der Waals surface area contributed by atoms with Gasteiger partial charge in [0.25, 0.3) is 0 Å². The molecule has 0 radical (unpaired) electrons. The lowest BCUT2D eigenvalue weighted by Gasteiger charge is -2.22. The quantitative estimate of drug-likeness (QED) is 0.653. The lowest BCUT2D eigenvalue weighted by atomic mass is 10.2. The smallest absolute Gasteiger partial charge is 0.165 e. The summed E-state index contributed by atoms with van der Waals surface area (Å²) in [5.74, 6) is 2.64. The first-order valence-electron chi connectivity index (χ1n) is 8.34. The van der Waals surface area contributed by atoms with Crippen molar-refractivity contribution in [1.82, 2.24) is 9.55 Å². The molecule has 0 atom stereocenters. The molecular weight excluding hydrogens is 349 g/mol. The first-order valence-corrected chi connectivity index (χ1v) is 8.34. The van der Waals surface area contributed by atoms with Crippen molar-refractivity contribution in [3.05, 3.63) is 54.2 Å². The van der Waals surface area contributed by atoms with Gasteiger partial charge in [0.05, 0.1) is 33.2 Å². The van der Waals surface area contributed by atoms with Crippen molar-refractivity contribution in [3.63, 3.8) is 0 Å². The molecule has 2 aromatic carbocycles. The number of nitrogens with zero attached hydrogens (tertiary/aromatic N) is 3. The first-order chi connectivity index (χ1) is 13.0. The van der Waals surface area contributed by atoms with Crippen LogP contribution in [0.25, 0.3) is 5.69 Å². The number of hydrogen-bond acceptors (Lipinski definition) is 5. The van der Waals surface area contributed by atoms with Crippen molar-refractivity contribution in [2.45, 2.75) is 6.92 Å². The number of methoxy groups -OCH3 is 3. The summed E-state index contributed by atoms with van der Waals surface area (Å²) in [6.45, 7) is 1.89. The molecule has 0 aliphatic heterocycles. The minimum absolute atomic E-state index is 0.181. The van der Waals surface area contributed by atoms with E-state index in [1.54, 1.807) is 32.5 Å². The SMILES string of the molecule is COc1cc(-n2c(N(C)c3ccc(OC)c(OC)c3)cnc2C)ccc1F. The average Bonchev–Trinajstić information content (AvgIpc) is 3.08. The minimum Gasteiger partial charge on any atom is -0.494 e. The largest absolute Gasteiger partial charge is 0.494 e. The van der Waals surface area contributed by atoms with Crippen molar-refractivity contribution in [2.24, 2.45) is 0 Å². The molecule has 0 spiro atoms. The number of halogens is 1. The highest BCUT2D eigenvalue weighted by molar-refractivity contribution is 5.65. The first kappa shape index (κ1) is 18.6. The summed E-state index contributed by atoms with van der Waals surface area (Å²) in [6.07, 6.45) is 1.77. The van der Waals surface area contributed by atoms with Gasteiger partial charge >= 0.3 is 0 Å². The van der Waals surface area contributed by atoms with Gasteiger partial charge in [0.15, 0.2) is 23.1 Å². The Bertz CT molecular complexity index is 956. The molecule has 27 heavy (non-hydrogen) atoms. The lowest BCUT2D eigenvalue weighted by molar-refractivity contribution is 0.355. The van der Waals surface area contributed by atoms with E-state index in [9.17, 15) is 4.39 Å². The molecule has 3 rings (SSSR count). The van der Waals surface area contributed by atoms with Crippen LogP contribution in [0, 0.1) is 12.7 Å². The molecule has 3 aromatic rings. The van der Waals surface area contributed by atoms with Crippen LogP contribution in [-0.2, 0) is 0 Å². The van der Waals surface area contributed by atoms with E-state index in [1.165, 1.54) is 13.2 Å². The van der Waals surface area contributed by atoms with Crippen LogP contribution in [0.2, 0.25) is 0 Å². The van der Waals surface area contributed by atoms with E-state index in [4.69, 9.17) is 14.2 Å². The Morgan fingerprint density at radius 1 is 0.926 bits per heavy atom. The van der Waals surface area contributed by atoms with Gasteiger partial charge in [-0.1, -0.05) is 0 Å². The van der Waals surface area contributed by atoms with E-state index in [2.05, 4.69) is 4.98 Å². The normalized spacial score (nSPS) is 10.6. The van der Waals surface area contributed by atoms with Gasteiger partial charge in [-0.25, -0.2) is 9.37 Å². The summed E-state index contributed by atoms with van der Waals surface area (Å²) in [6, 6.07) is 10.4. The Labute approximate surface area is 157 Å². The fourth-order valence-electron chi connectivity index (χ4n) is 2.94. The molecule has 0 saturated carbocycles. The van der Waals surface area contributed by atoms with Crippen LogP contribution >= 0.6 is 0 Å². The maximum Gasteiger partial charge on any atom is 0.165 e. The zero-order chi connectivity index (χ0) is 19.6. The highest BCUT2D eigenvalue weighted by Gasteiger charge is 2.17. The molecule has 0 unspecified atom stereocenters. The van der Waals surface area contributed by atoms with Gasteiger partial charge < -0.3 is 19.1 Å². The van der Waals surface area contributed by atoms with Crippen LogP contribution in [0.3, 0.4) is 0 Å². The average molecular weight is 371 g/mol. The van der Waals surface area contributed by atoms with Gasteiger partial charge in [-0.15, -0.1) is 0 Å². The van der Waals surface area contributed by atoms with Gasteiger partial charge in [0.2, 0.25) is 0 Å². The van der Waals surface area contributed by atoms with Crippen LogP contribution in [0.5, 0.6) is 17.2 Å². The van der Waals surface area contributed by atoms with Gasteiger partial charge in [0.1, 0.15) is 11.6 Å². The summed E-state index contributed by atoms with van der Waals surface area (Å²) in [7, 11) is 6.57. The summed E-state index contributed by atoms with van der Waals surface area (Å²) < 4.78 is 31.5. The van der Waals surface area contributed by atoms with Crippen molar-refractivity contribution in [2.75, 3.05) is 33.3 Å². The molecule has 1 heterocycles. The molecule has 1 aromatic heterocycles. The van der Waals surface area contributed by atoms with Crippen molar-refractivity contribution >= 4 is 11.5 Å². The summed E-state index contributed by atoms with van der Waals surface area (Å²) in [5.41, 5.74) is 1.65. The monoisotopic (exact) mass is 371 g/mol. The second kappa shape index (κ2) is 7.57. The third kappa shape index (κ3) is 3.40. The summed E-state index contributed by atoms with van der Waals surface area (Å²) >= 11 is 0. The number of rotatable bonds is 6. The fraction of sp³-hybridized carbons (Fsp3) is 0.250. The van der Waals surface area contributed by atoms with E-state index >= 15 is 0 Å². The molecule has 7 heteroatoms.